The average molecular weight is 374 g/mol. The number of carbonyl (C=O) groups excluding carboxylic acids is 1. The number of aromatic nitrogens is 5. The van der Waals surface area contributed by atoms with E-state index in [4.69, 9.17) is 0 Å². The van der Waals surface area contributed by atoms with Gasteiger partial charge in [0.05, 0.1) is 16.7 Å². The lowest BCUT2D eigenvalue weighted by Crippen LogP contribution is -2.29. The molecule has 5 rings (SSSR count). The van der Waals surface area contributed by atoms with Crippen molar-refractivity contribution in [1.82, 2.24) is 24.1 Å². The standard InChI is InChI=1S/C21H22N6O/c1-13-12-19-22-14(2)16(15(3)27(19)24-13)8-9-20(28)26-11-10-25-18-7-5-4-6-17(18)23-21(25)26/h4-7,12H,8-11H2,1-3H3. The molecule has 7 nitrogen and oxygen atoms in total. The third kappa shape index (κ3) is 2.50. The number of carbonyl (C=O) groups is 1. The highest BCUT2D eigenvalue weighted by molar-refractivity contribution is 5.95. The molecule has 1 aromatic carbocycles. The Morgan fingerprint density at radius 1 is 1.11 bits per heavy atom. The Morgan fingerprint density at radius 2 is 1.93 bits per heavy atom. The molecule has 28 heavy (non-hydrogen) atoms. The van der Waals surface area contributed by atoms with Gasteiger partial charge in [-0.2, -0.15) is 5.10 Å². The number of rotatable bonds is 3. The van der Waals surface area contributed by atoms with E-state index in [-0.39, 0.29) is 5.91 Å². The Hall–Kier alpha value is -3.22. The number of hydrogen-bond donors (Lipinski definition) is 0. The van der Waals surface area contributed by atoms with Gasteiger partial charge in [0.2, 0.25) is 11.9 Å². The third-order valence-corrected chi connectivity index (χ3v) is 5.60. The van der Waals surface area contributed by atoms with E-state index in [1.807, 2.05) is 54.5 Å². The van der Waals surface area contributed by atoms with Crippen molar-refractivity contribution in [3.63, 3.8) is 0 Å². The highest BCUT2D eigenvalue weighted by Gasteiger charge is 2.28. The molecule has 4 heterocycles. The van der Waals surface area contributed by atoms with E-state index >= 15 is 0 Å². The molecule has 0 saturated carbocycles. The molecule has 4 aromatic rings. The summed E-state index contributed by atoms with van der Waals surface area (Å²) in [4.78, 5) is 24.1. The van der Waals surface area contributed by atoms with E-state index in [2.05, 4.69) is 25.7 Å². The molecule has 0 N–H and O–H groups in total. The molecule has 0 spiro atoms. The summed E-state index contributed by atoms with van der Waals surface area (Å²) < 4.78 is 4.00. The molecule has 1 aliphatic rings. The van der Waals surface area contributed by atoms with E-state index in [1.165, 1.54) is 0 Å². The van der Waals surface area contributed by atoms with E-state index in [0.29, 0.717) is 19.4 Å². The van der Waals surface area contributed by atoms with Gasteiger partial charge in [0.15, 0.2) is 5.65 Å². The number of benzene rings is 1. The van der Waals surface area contributed by atoms with Crippen LogP contribution in [-0.2, 0) is 17.8 Å². The van der Waals surface area contributed by atoms with Gasteiger partial charge in [-0.3, -0.25) is 9.69 Å². The molecular weight excluding hydrogens is 352 g/mol. The van der Waals surface area contributed by atoms with Crippen molar-refractivity contribution in [3.8, 4) is 0 Å². The lowest BCUT2D eigenvalue weighted by molar-refractivity contribution is -0.118. The third-order valence-electron chi connectivity index (χ3n) is 5.60. The fourth-order valence-electron chi connectivity index (χ4n) is 4.20. The van der Waals surface area contributed by atoms with Crippen LogP contribution in [0.25, 0.3) is 16.7 Å². The van der Waals surface area contributed by atoms with Crippen molar-refractivity contribution in [2.24, 2.45) is 0 Å². The van der Waals surface area contributed by atoms with Gasteiger partial charge in [0.25, 0.3) is 0 Å². The summed E-state index contributed by atoms with van der Waals surface area (Å²) in [6.07, 6.45) is 1.08. The van der Waals surface area contributed by atoms with E-state index in [1.54, 1.807) is 0 Å². The summed E-state index contributed by atoms with van der Waals surface area (Å²) in [5.74, 6) is 0.862. The van der Waals surface area contributed by atoms with Gasteiger partial charge in [0.1, 0.15) is 0 Å². The molecule has 0 saturated heterocycles. The van der Waals surface area contributed by atoms with Crippen molar-refractivity contribution in [2.45, 2.75) is 40.2 Å². The number of aryl methyl sites for hydroxylation is 3. The predicted molar refractivity (Wildman–Crippen MR) is 108 cm³/mol. The van der Waals surface area contributed by atoms with Crippen LogP contribution in [0.15, 0.2) is 30.3 Å². The zero-order chi connectivity index (χ0) is 19.4. The van der Waals surface area contributed by atoms with Gasteiger partial charge in [-0.05, 0) is 44.9 Å². The average Bonchev–Trinajstić information content (AvgIpc) is 3.34. The molecular formula is C21H22N6O. The molecule has 0 bridgehead atoms. The second kappa shape index (κ2) is 6.15. The number of nitrogens with zero attached hydrogens (tertiary/aromatic N) is 6. The molecule has 142 valence electrons. The second-order valence-corrected chi connectivity index (χ2v) is 7.41. The Balaban J connectivity index is 1.40. The van der Waals surface area contributed by atoms with Crippen LogP contribution in [0, 0.1) is 20.8 Å². The summed E-state index contributed by atoms with van der Waals surface area (Å²) in [5, 5.41) is 4.52. The van der Waals surface area contributed by atoms with Crippen LogP contribution in [-0.4, -0.2) is 36.6 Å². The Morgan fingerprint density at radius 3 is 2.79 bits per heavy atom. The number of hydrogen-bond acceptors (Lipinski definition) is 4. The normalized spacial score (nSPS) is 13.6. The molecule has 0 unspecified atom stereocenters. The van der Waals surface area contributed by atoms with Crippen molar-refractivity contribution in [2.75, 3.05) is 11.4 Å². The predicted octanol–water partition coefficient (Wildman–Crippen LogP) is 2.98. The minimum atomic E-state index is 0.101. The molecule has 7 heteroatoms. The molecule has 0 fully saturated rings. The van der Waals surface area contributed by atoms with Gasteiger partial charge >= 0.3 is 0 Å². The number of imidazole rings is 1. The van der Waals surface area contributed by atoms with E-state index in [0.717, 1.165) is 51.8 Å². The summed E-state index contributed by atoms with van der Waals surface area (Å²) in [5.41, 5.74) is 6.93. The minimum Gasteiger partial charge on any atom is -0.308 e. The van der Waals surface area contributed by atoms with Crippen LogP contribution >= 0.6 is 0 Å². The summed E-state index contributed by atoms with van der Waals surface area (Å²) in [7, 11) is 0. The molecule has 0 atom stereocenters. The number of para-hydroxylation sites is 2. The number of fused-ring (bicyclic) bond motifs is 4. The Kier molecular flexibility index (Phi) is 3.72. The van der Waals surface area contributed by atoms with Gasteiger partial charge in [-0.15, -0.1) is 0 Å². The van der Waals surface area contributed by atoms with Gasteiger partial charge in [-0.1, -0.05) is 12.1 Å². The maximum atomic E-state index is 13.0. The number of anilines is 1. The van der Waals surface area contributed by atoms with Crippen LogP contribution in [0.1, 0.15) is 29.1 Å². The quantitative estimate of drug-likeness (QED) is 0.553. The molecule has 3 aromatic heterocycles. The smallest absolute Gasteiger partial charge is 0.229 e. The van der Waals surface area contributed by atoms with Crippen molar-refractivity contribution >= 4 is 28.5 Å². The maximum absolute atomic E-state index is 13.0. The summed E-state index contributed by atoms with van der Waals surface area (Å²) in [6, 6.07) is 10.0. The maximum Gasteiger partial charge on any atom is 0.229 e. The Labute approximate surface area is 162 Å². The van der Waals surface area contributed by atoms with Crippen LogP contribution in [0.5, 0.6) is 0 Å². The molecule has 0 radical (unpaired) electrons. The van der Waals surface area contributed by atoms with E-state index in [9.17, 15) is 4.79 Å². The van der Waals surface area contributed by atoms with E-state index < -0.39 is 0 Å². The number of amides is 1. The van der Waals surface area contributed by atoms with Crippen molar-refractivity contribution in [3.05, 3.63) is 53.0 Å². The first-order valence-corrected chi connectivity index (χ1v) is 9.61. The van der Waals surface area contributed by atoms with Gasteiger partial charge in [0, 0.05) is 37.0 Å². The second-order valence-electron chi connectivity index (χ2n) is 7.41. The minimum absolute atomic E-state index is 0.101. The zero-order valence-electron chi connectivity index (χ0n) is 16.3. The SMILES string of the molecule is Cc1cc2nc(C)c(CCC(=O)N3CCn4c3nc3ccccc34)c(C)n2n1. The van der Waals surface area contributed by atoms with Crippen LogP contribution in [0.2, 0.25) is 0 Å². The lowest BCUT2D eigenvalue weighted by Gasteiger charge is -2.15. The monoisotopic (exact) mass is 374 g/mol. The van der Waals surface area contributed by atoms with Gasteiger partial charge in [-0.25, -0.2) is 14.5 Å². The van der Waals surface area contributed by atoms with Gasteiger partial charge < -0.3 is 4.57 Å². The first-order chi connectivity index (χ1) is 13.5. The van der Waals surface area contributed by atoms with Crippen LogP contribution < -0.4 is 4.90 Å². The fourth-order valence-corrected chi connectivity index (χ4v) is 4.20. The lowest BCUT2D eigenvalue weighted by atomic mass is 10.1. The first kappa shape index (κ1) is 16.9. The zero-order valence-corrected chi connectivity index (χ0v) is 16.3. The fraction of sp³-hybridized carbons (Fsp3) is 0.333. The highest BCUT2D eigenvalue weighted by atomic mass is 16.2. The molecule has 0 aliphatic carbocycles. The van der Waals surface area contributed by atoms with Crippen molar-refractivity contribution in [1.29, 1.82) is 0 Å². The van der Waals surface area contributed by atoms with Crippen LogP contribution in [0.4, 0.5) is 5.95 Å². The summed E-state index contributed by atoms with van der Waals surface area (Å²) >= 11 is 0. The molecule has 1 aliphatic heterocycles. The topological polar surface area (TPSA) is 68.3 Å². The first-order valence-electron chi connectivity index (χ1n) is 9.61. The summed E-state index contributed by atoms with van der Waals surface area (Å²) in [6.45, 7) is 7.49. The largest absolute Gasteiger partial charge is 0.308 e. The van der Waals surface area contributed by atoms with Crippen molar-refractivity contribution < 1.29 is 4.79 Å². The highest BCUT2D eigenvalue weighted by Crippen LogP contribution is 2.28. The molecule has 1 amide bonds. The Bertz CT molecular complexity index is 1230. The van der Waals surface area contributed by atoms with Crippen LogP contribution in [0.3, 0.4) is 0 Å².